The summed E-state index contributed by atoms with van der Waals surface area (Å²) >= 11 is 1.55. The molecule has 3 N–H and O–H groups in total. The zero-order chi connectivity index (χ0) is 15.4. The van der Waals surface area contributed by atoms with E-state index in [2.05, 4.69) is 5.32 Å². The third-order valence-corrected chi connectivity index (χ3v) is 3.66. The number of hydrogen-bond donors (Lipinski definition) is 3. The number of anilines is 1. The predicted molar refractivity (Wildman–Crippen MR) is 79.9 cm³/mol. The van der Waals surface area contributed by atoms with Gasteiger partial charge in [0.25, 0.3) is 0 Å². The number of carbonyl (C=O) groups excluding carboxylic acids is 1. The number of carboxylic acids is 1. The summed E-state index contributed by atoms with van der Waals surface area (Å²) < 4.78 is 0. The van der Waals surface area contributed by atoms with Crippen LogP contribution in [0.3, 0.4) is 0 Å². The van der Waals surface area contributed by atoms with Crippen molar-refractivity contribution in [3.05, 3.63) is 46.2 Å². The van der Waals surface area contributed by atoms with E-state index in [0.717, 1.165) is 4.88 Å². The van der Waals surface area contributed by atoms with Crippen LogP contribution in [0.15, 0.2) is 35.7 Å². The van der Waals surface area contributed by atoms with E-state index >= 15 is 0 Å². The highest BCUT2D eigenvalue weighted by atomic mass is 32.1. The third-order valence-electron chi connectivity index (χ3n) is 2.80. The van der Waals surface area contributed by atoms with Crippen LogP contribution in [0.5, 0.6) is 5.75 Å². The molecule has 1 heterocycles. The summed E-state index contributed by atoms with van der Waals surface area (Å²) in [5.41, 5.74) is 0.0574. The smallest absolute Gasteiger partial charge is 0.339 e. The van der Waals surface area contributed by atoms with Crippen molar-refractivity contribution < 1.29 is 19.8 Å². The van der Waals surface area contributed by atoms with Crippen molar-refractivity contribution in [3.8, 4) is 5.75 Å². The quantitative estimate of drug-likeness (QED) is 0.758. The number of nitrogens with zero attached hydrogens (tertiary/aromatic N) is 1. The van der Waals surface area contributed by atoms with Crippen LogP contribution >= 0.6 is 11.3 Å². The number of phenols is 1. The minimum Gasteiger partial charge on any atom is -0.507 e. The lowest BCUT2D eigenvalue weighted by Crippen LogP contribution is -2.30. The number of rotatable bonds is 4. The summed E-state index contributed by atoms with van der Waals surface area (Å²) in [5, 5.41) is 22.9. The first kappa shape index (κ1) is 14.9. The Bertz CT molecular complexity index is 655. The Balaban J connectivity index is 2.05. The predicted octanol–water partition coefficient (Wildman–Crippen LogP) is 2.82. The maximum atomic E-state index is 12.0. The molecule has 0 saturated carbocycles. The molecule has 1 aromatic carbocycles. The summed E-state index contributed by atoms with van der Waals surface area (Å²) in [5.74, 6) is -1.59. The number of amides is 2. The van der Waals surface area contributed by atoms with Gasteiger partial charge in [-0.1, -0.05) is 6.07 Å². The average molecular weight is 306 g/mol. The standard InChI is InChI=1S/C14H14N2O4S/c1-16(8-10-3-2-6-21-10)14(20)15-9-4-5-12(17)11(7-9)13(18)19/h2-7,17H,8H2,1H3,(H,15,20)(H,18,19). The second kappa shape index (κ2) is 6.27. The van der Waals surface area contributed by atoms with E-state index in [4.69, 9.17) is 5.11 Å². The van der Waals surface area contributed by atoms with Gasteiger partial charge in [0.1, 0.15) is 11.3 Å². The summed E-state index contributed by atoms with van der Waals surface area (Å²) in [6.45, 7) is 0.466. The van der Waals surface area contributed by atoms with E-state index in [1.807, 2.05) is 17.5 Å². The Hall–Kier alpha value is -2.54. The van der Waals surface area contributed by atoms with Gasteiger partial charge in [0.05, 0.1) is 6.54 Å². The highest BCUT2D eigenvalue weighted by Gasteiger charge is 2.13. The minimum atomic E-state index is -1.25. The Labute approximate surface area is 125 Å². The van der Waals surface area contributed by atoms with Gasteiger partial charge in [-0.15, -0.1) is 11.3 Å². The van der Waals surface area contributed by atoms with Crippen molar-refractivity contribution in [3.63, 3.8) is 0 Å². The lowest BCUT2D eigenvalue weighted by Gasteiger charge is -2.17. The number of urea groups is 1. The van der Waals surface area contributed by atoms with Gasteiger partial charge >= 0.3 is 12.0 Å². The van der Waals surface area contributed by atoms with Gasteiger partial charge in [0.15, 0.2) is 0 Å². The number of carboxylic acid groups (broad SMARTS) is 1. The fourth-order valence-electron chi connectivity index (χ4n) is 1.71. The molecule has 2 amide bonds. The highest BCUT2D eigenvalue weighted by molar-refractivity contribution is 7.09. The number of aromatic carboxylic acids is 1. The number of carbonyl (C=O) groups is 2. The van der Waals surface area contributed by atoms with Crippen LogP contribution in [0.2, 0.25) is 0 Å². The average Bonchev–Trinajstić information content (AvgIpc) is 2.93. The molecule has 0 radical (unpaired) electrons. The van der Waals surface area contributed by atoms with Gasteiger partial charge in [0, 0.05) is 17.6 Å². The molecule has 0 atom stereocenters. The van der Waals surface area contributed by atoms with E-state index < -0.39 is 5.97 Å². The van der Waals surface area contributed by atoms with E-state index in [9.17, 15) is 14.7 Å². The second-order valence-corrected chi connectivity index (χ2v) is 5.43. The SMILES string of the molecule is CN(Cc1cccs1)C(=O)Nc1ccc(O)c(C(=O)O)c1. The van der Waals surface area contributed by atoms with Gasteiger partial charge in [-0.25, -0.2) is 9.59 Å². The topological polar surface area (TPSA) is 89.9 Å². The molecule has 0 saturated heterocycles. The molecule has 110 valence electrons. The summed E-state index contributed by atoms with van der Waals surface area (Å²) in [4.78, 5) is 25.5. The summed E-state index contributed by atoms with van der Waals surface area (Å²) in [6.07, 6.45) is 0. The molecule has 0 aliphatic rings. The molecule has 21 heavy (non-hydrogen) atoms. The molecule has 0 bridgehead atoms. The number of hydrogen-bond acceptors (Lipinski definition) is 4. The molecule has 0 fully saturated rings. The lowest BCUT2D eigenvalue weighted by molar-refractivity contribution is 0.0693. The van der Waals surface area contributed by atoms with Crippen LogP contribution in [-0.4, -0.2) is 34.2 Å². The first-order valence-corrected chi connectivity index (χ1v) is 6.96. The first-order chi connectivity index (χ1) is 9.97. The largest absolute Gasteiger partial charge is 0.507 e. The van der Waals surface area contributed by atoms with Gasteiger partial charge in [-0.2, -0.15) is 0 Å². The molecule has 1 aromatic heterocycles. The number of thiophene rings is 1. The molecule has 0 aliphatic carbocycles. The monoisotopic (exact) mass is 306 g/mol. The molecule has 0 unspecified atom stereocenters. The fraction of sp³-hybridized carbons (Fsp3) is 0.143. The maximum Gasteiger partial charge on any atom is 0.339 e. The van der Waals surface area contributed by atoms with Gasteiger partial charge in [0.2, 0.25) is 0 Å². The highest BCUT2D eigenvalue weighted by Crippen LogP contribution is 2.21. The van der Waals surface area contributed by atoms with Crippen LogP contribution in [0, 0.1) is 0 Å². The van der Waals surface area contributed by atoms with E-state index in [0.29, 0.717) is 12.2 Å². The molecular formula is C14H14N2O4S. The van der Waals surface area contributed by atoms with Crippen molar-refractivity contribution in [1.29, 1.82) is 0 Å². The van der Waals surface area contributed by atoms with Gasteiger partial charge < -0.3 is 20.4 Å². The zero-order valence-corrected chi connectivity index (χ0v) is 12.1. The number of aromatic hydroxyl groups is 1. The first-order valence-electron chi connectivity index (χ1n) is 6.08. The van der Waals surface area contributed by atoms with Crippen LogP contribution in [0.1, 0.15) is 15.2 Å². The summed E-state index contributed by atoms with van der Waals surface area (Å²) in [7, 11) is 1.65. The van der Waals surface area contributed by atoms with Crippen molar-refractivity contribution in [2.24, 2.45) is 0 Å². The van der Waals surface area contributed by atoms with Crippen LogP contribution in [-0.2, 0) is 6.54 Å². The van der Waals surface area contributed by atoms with Crippen molar-refractivity contribution in [2.75, 3.05) is 12.4 Å². The van der Waals surface area contributed by atoms with E-state index in [1.165, 1.54) is 23.1 Å². The molecular weight excluding hydrogens is 292 g/mol. The molecule has 6 nitrogen and oxygen atoms in total. The molecule has 7 heteroatoms. The normalized spacial score (nSPS) is 10.1. The fourth-order valence-corrected chi connectivity index (χ4v) is 2.47. The molecule has 2 aromatic rings. The molecule has 0 aliphatic heterocycles. The third kappa shape index (κ3) is 3.73. The van der Waals surface area contributed by atoms with Crippen molar-refractivity contribution >= 4 is 29.0 Å². The Morgan fingerprint density at radius 2 is 2.10 bits per heavy atom. The second-order valence-electron chi connectivity index (χ2n) is 4.40. The molecule has 2 rings (SSSR count). The van der Waals surface area contributed by atoms with Gasteiger partial charge in [-0.05, 0) is 29.6 Å². The van der Waals surface area contributed by atoms with E-state index in [1.54, 1.807) is 18.4 Å². The maximum absolute atomic E-state index is 12.0. The molecule has 0 spiro atoms. The van der Waals surface area contributed by atoms with E-state index in [-0.39, 0.29) is 17.3 Å². The lowest BCUT2D eigenvalue weighted by atomic mass is 10.2. The van der Waals surface area contributed by atoms with Crippen LogP contribution < -0.4 is 5.32 Å². The minimum absolute atomic E-state index is 0.256. The Morgan fingerprint density at radius 1 is 1.33 bits per heavy atom. The Morgan fingerprint density at radius 3 is 2.71 bits per heavy atom. The number of nitrogens with one attached hydrogen (secondary N) is 1. The van der Waals surface area contributed by atoms with Crippen LogP contribution in [0.25, 0.3) is 0 Å². The van der Waals surface area contributed by atoms with Crippen LogP contribution in [0.4, 0.5) is 10.5 Å². The van der Waals surface area contributed by atoms with Crippen molar-refractivity contribution in [1.82, 2.24) is 4.90 Å². The zero-order valence-electron chi connectivity index (χ0n) is 11.2. The van der Waals surface area contributed by atoms with Gasteiger partial charge in [-0.3, -0.25) is 0 Å². The van der Waals surface area contributed by atoms with Crippen molar-refractivity contribution in [2.45, 2.75) is 6.54 Å². The number of benzene rings is 1. The Kier molecular flexibility index (Phi) is 4.44. The summed E-state index contributed by atoms with van der Waals surface area (Å²) in [6, 6.07) is 7.37.